The van der Waals surface area contributed by atoms with E-state index in [-0.39, 0.29) is 0 Å². The SMILES string of the molecule is COc1ccc(-c2cn(CCCN)nn2)cc1C#N. The molecule has 0 amide bonds. The summed E-state index contributed by atoms with van der Waals surface area (Å²) in [7, 11) is 1.54. The second-order valence-corrected chi connectivity index (χ2v) is 4.04. The van der Waals surface area contributed by atoms with E-state index < -0.39 is 0 Å². The van der Waals surface area contributed by atoms with Crippen molar-refractivity contribution in [1.29, 1.82) is 5.26 Å². The number of methoxy groups -OCH3 is 1. The quantitative estimate of drug-likeness (QED) is 0.868. The normalized spacial score (nSPS) is 10.2. The lowest BCUT2D eigenvalue weighted by atomic mass is 10.1. The summed E-state index contributed by atoms with van der Waals surface area (Å²) in [5, 5.41) is 17.2. The van der Waals surface area contributed by atoms with E-state index in [9.17, 15) is 0 Å². The first-order valence-electron chi connectivity index (χ1n) is 5.97. The van der Waals surface area contributed by atoms with Crippen molar-refractivity contribution in [3.8, 4) is 23.1 Å². The van der Waals surface area contributed by atoms with E-state index in [1.54, 1.807) is 23.9 Å². The van der Waals surface area contributed by atoms with Crippen molar-refractivity contribution in [2.45, 2.75) is 13.0 Å². The van der Waals surface area contributed by atoms with Gasteiger partial charge in [-0.15, -0.1) is 5.10 Å². The first-order valence-corrected chi connectivity index (χ1v) is 5.97. The minimum atomic E-state index is 0.483. The largest absolute Gasteiger partial charge is 0.495 e. The molecule has 1 aromatic heterocycles. The Hall–Kier alpha value is -2.39. The number of nitrogens with zero attached hydrogens (tertiary/aromatic N) is 4. The van der Waals surface area contributed by atoms with Crippen LogP contribution >= 0.6 is 0 Å². The number of ether oxygens (including phenoxy) is 1. The maximum atomic E-state index is 9.06. The van der Waals surface area contributed by atoms with E-state index in [4.69, 9.17) is 15.7 Å². The molecule has 19 heavy (non-hydrogen) atoms. The second-order valence-electron chi connectivity index (χ2n) is 4.04. The van der Waals surface area contributed by atoms with Gasteiger partial charge in [0, 0.05) is 12.1 Å². The molecule has 0 saturated heterocycles. The first-order chi connectivity index (χ1) is 9.28. The van der Waals surface area contributed by atoms with Crippen molar-refractivity contribution in [3.05, 3.63) is 30.0 Å². The molecule has 0 unspecified atom stereocenters. The average molecular weight is 257 g/mol. The van der Waals surface area contributed by atoms with Crippen LogP contribution in [0.5, 0.6) is 5.75 Å². The Labute approximate surface area is 111 Å². The number of hydrogen-bond acceptors (Lipinski definition) is 5. The van der Waals surface area contributed by atoms with Crippen LogP contribution in [0.25, 0.3) is 11.3 Å². The van der Waals surface area contributed by atoms with Gasteiger partial charge in [-0.3, -0.25) is 4.68 Å². The number of benzene rings is 1. The van der Waals surface area contributed by atoms with E-state index >= 15 is 0 Å². The van der Waals surface area contributed by atoms with Crippen molar-refractivity contribution < 1.29 is 4.74 Å². The van der Waals surface area contributed by atoms with Crippen LogP contribution in [0.1, 0.15) is 12.0 Å². The molecule has 0 aliphatic heterocycles. The van der Waals surface area contributed by atoms with Gasteiger partial charge in [-0.2, -0.15) is 5.26 Å². The molecule has 98 valence electrons. The molecular weight excluding hydrogens is 242 g/mol. The van der Waals surface area contributed by atoms with Crippen LogP contribution in [-0.2, 0) is 6.54 Å². The third kappa shape index (κ3) is 2.89. The lowest BCUT2D eigenvalue weighted by Gasteiger charge is -2.03. The van der Waals surface area contributed by atoms with E-state index in [0.29, 0.717) is 17.9 Å². The highest BCUT2D eigenvalue weighted by Crippen LogP contribution is 2.24. The third-order valence-corrected chi connectivity index (χ3v) is 2.75. The van der Waals surface area contributed by atoms with Crippen LogP contribution in [0.3, 0.4) is 0 Å². The Kier molecular flexibility index (Phi) is 4.11. The minimum Gasteiger partial charge on any atom is -0.495 e. The first kappa shape index (κ1) is 13.1. The van der Waals surface area contributed by atoms with Gasteiger partial charge in [-0.25, -0.2) is 0 Å². The van der Waals surface area contributed by atoms with Crippen LogP contribution in [0.2, 0.25) is 0 Å². The van der Waals surface area contributed by atoms with Gasteiger partial charge >= 0.3 is 0 Å². The molecule has 1 aromatic carbocycles. The maximum Gasteiger partial charge on any atom is 0.136 e. The summed E-state index contributed by atoms with van der Waals surface area (Å²) < 4.78 is 6.86. The van der Waals surface area contributed by atoms with Gasteiger partial charge < -0.3 is 10.5 Å². The van der Waals surface area contributed by atoms with Crippen molar-refractivity contribution in [3.63, 3.8) is 0 Å². The predicted molar refractivity (Wildman–Crippen MR) is 70.4 cm³/mol. The molecule has 0 spiro atoms. The van der Waals surface area contributed by atoms with E-state index in [2.05, 4.69) is 16.4 Å². The summed E-state index contributed by atoms with van der Waals surface area (Å²) >= 11 is 0. The molecule has 0 atom stereocenters. The zero-order chi connectivity index (χ0) is 13.7. The number of nitriles is 1. The van der Waals surface area contributed by atoms with Crippen molar-refractivity contribution >= 4 is 0 Å². The Balaban J connectivity index is 2.27. The van der Waals surface area contributed by atoms with E-state index in [1.807, 2.05) is 12.3 Å². The van der Waals surface area contributed by atoms with E-state index in [1.165, 1.54) is 0 Å². The summed E-state index contributed by atoms with van der Waals surface area (Å²) in [4.78, 5) is 0. The molecule has 2 N–H and O–H groups in total. The number of rotatable bonds is 5. The molecule has 0 fully saturated rings. The predicted octanol–water partition coefficient (Wildman–Crippen LogP) is 1.17. The Morgan fingerprint density at radius 3 is 3.00 bits per heavy atom. The number of aryl methyl sites for hydroxylation is 1. The number of nitrogens with two attached hydrogens (primary N) is 1. The average Bonchev–Trinajstić information content (AvgIpc) is 2.93. The molecule has 6 nitrogen and oxygen atoms in total. The fourth-order valence-corrected chi connectivity index (χ4v) is 1.75. The fraction of sp³-hybridized carbons (Fsp3) is 0.308. The molecule has 2 aromatic rings. The standard InChI is InChI=1S/C13H15N5O/c1-19-13-4-3-10(7-11(13)8-15)12-9-18(17-16-12)6-2-5-14/h3-4,7,9H,2,5-6,14H2,1H3. The molecule has 0 aliphatic rings. The molecular formula is C13H15N5O. The molecule has 1 heterocycles. The van der Waals surface area contributed by atoms with Gasteiger partial charge in [-0.05, 0) is 31.2 Å². The zero-order valence-electron chi connectivity index (χ0n) is 10.7. The summed E-state index contributed by atoms with van der Waals surface area (Å²) in [6, 6.07) is 7.46. The van der Waals surface area contributed by atoms with Crippen LogP contribution in [0, 0.1) is 11.3 Å². The molecule has 6 heteroatoms. The van der Waals surface area contributed by atoms with Gasteiger partial charge in [0.2, 0.25) is 0 Å². The van der Waals surface area contributed by atoms with Crippen molar-refractivity contribution in [2.75, 3.05) is 13.7 Å². The number of aromatic nitrogens is 3. The lowest BCUT2D eigenvalue weighted by molar-refractivity contribution is 0.413. The van der Waals surface area contributed by atoms with Gasteiger partial charge in [0.15, 0.2) is 0 Å². The summed E-state index contributed by atoms with van der Waals surface area (Å²) in [5.41, 5.74) is 7.51. The maximum absolute atomic E-state index is 9.06. The molecule has 0 radical (unpaired) electrons. The zero-order valence-corrected chi connectivity index (χ0v) is 10.7. The topological polar surface area (TPSA) is 89.8 Å². The van der Waals surface area contributed by atoms with Crippen molar-refractivity contribution in [2.24, 2.45) is 5.73 Å². The minimum absolute atomic E-state index is 0.483. The molecule has 2 rings (SSSR count). The fourth-order valence-electron chi connectivity index (χ4n) is 1.75. The lowest BCUT2D eigenvalue weighted by Crippen LogP contribution is -2.06. The van der Waals surface area contributed by atoms with Gasteiger partial charge in [0.25, 0.3) is 0 Å². The van der Waals surface area contributed by atoms with Crippen molar-refractivity contribution in [1.82, 2.24) is 15.0 Å². The highest BCUT2D eigenvalue weighted by Gasteiger charge is 2.08. The third-order valence-electron chi connectivity index (χ3n) is 2.75. The Morgan fingerprint density at radius 2 is 2.32 bits per heavy atom. The van der Waals surface area contributed by atoms with Crippen LogP contribution in [-0.4, -0.2) is 28.6 Å². The van der Waals surface area contributed by atoms with Gasteiger partial charge in [0.05, 0.1) is 18.9 Å². The van der Waals surface area contributed by atoms with E-state index in [0.717, 1.165) is 24.2 Å². The summed E-state index contributed by atoms with van der Waals surface area (Å²) in [6.45, 7) is 1.36. The Bertz CT molecular complexity index is 599. The molecule has 0 saturated carbocycles. The smallest absolute Gasteiger partial charge is 0.136 e. The summed E-state index contributed by atoms with van der Waals surface area (Å²) in [6.07, 6.45) is 2.70. The van der Waals surface area contributed by atoms with Crippen LogP contribution in [0.15, 0.2) is 24.4 Å². The van der Waals surface area contributed by atoms with Gasteiger partial charge in [0.1, 0.15) is 17.5 Å². The monoisotopic (exact) mass is 257 g/mol. The molecule has 0 aliphatic carbocycles. The summed E-state index contributed by atoms with van der Waals surface area (Å²) in [5.74, 6) is 0.557. The highest BCUT2D eigenvalue weighted by molar-refractivity contribution is 5.63. The highest BCUT2D eigenvalue weighted by atomic mass is 16.5. The number of hydrogen-bond donors (Lipinski definition) is 1. The van der Waals surface area contributed by atoms with Crippen LogP contribution < -0.4 is 10.5 Å². The van der Waals surface area contributed by atoms with Crippen LogP contribution in [0.4, 0.5) is 0 Å². The Morgan fingerprint density at radius 1 is 1.47 bits per heavy atom. The second kappa shape index (κ2) is 5.98. The van der Waals surface area contributed by atoms with Gasteiger partial charge in [-0.1, -0.05) is 5.21 Å². The molecule has 0 bridgehead atoms.